The summed E-state index contributed by atoms with van der Waals surface area (Å²) in [4.78, 5) is 0. The second kappa shape index (κ2) is 6.61. The summed E-state index contributed by atoms with van der Waals surface area (Å²) in [6.07, 6.45) is 5.12. The van der Waals surface area contributed by atoms with Crippen molar-refractivity contribution >= 4 is 15.9 Å². The molecule has 0 radical (unpaired) electrons. The first-order valence-electron chi connectivity index (χ1n) is 6.01. The summed E-state index contributed by atoms with van der Waals surface area (Å²) < 4.78 is 8.86. The molecule has 0 fully saturated rings. The fraction of sp³-hybridized carbons (Fsp3) is 0.286. The van der Waals surface area contributed by atoms with E-state index in [1.54, 1.807) is 0 Å². The number of hydrogen-bond acceptors (Lipinski definition) is 2. The Morgan fingerprint density at radius 3 is 2.67 bits per heavy atom. The number of ether oxygens (including phenoxy) is 1. The monoisotopic (exact) mass is 308 g/mol. The van der Waals surface area contributed by atoms with Crippen LogP contribution >= 0.6 is 15.9 Å². The van der Waals surface area contributed by atoms with Gasteiger partial charge in [-0.05, 0) is 48.9 Å². The lowest BCUT2D eigenvalue weighted by molar-refractivity contribution is 0.298. The number of benzene rings is 1. The van der Waals surface area contributed by atoms with Crippen LogP contribution in [-0.2, 0) is 13.0 Å². The highest BCUT2D eigenvalue weighted by Crippen LogP contribution is 2.16. The predicted octanol–water partition coefficient (Wildman–Crippen LogP) is 2.83. The van der Waals surface area contributed by atoms with Crippen molar-refractivity contribution in [1.82, 2.24) is 4.57 Å². The standard InChI is InChI=1S/C14H17BrN2O/c15-13-1-3-14(4-2-13)18-10-9-17-8-6-12(11-17)5-7-16/h1-4,6,8,11H,5,7,9-10,16H2. The lowest BCUT2D eigenvalue weighted by Gasteiger charge is -2.07. The van der Waals surface area contributed by atoms with Crippen molar-refractivity contribution in [1.29, 1.82) is 0 Å². The van der Waals surface area contributed by atoms with Crippen LogP contribution in [0.25, 0.3) is 0 Å². The van der Waals surface area contributed by atoms with Gasteiger partial charge in [0, 0.05) is 16.9 Å². The summed E-state index contributed by atoms with van der Waals surface area (Å²) in [5.74, 6) is 0.896. The smallest absolute Gasteiger partial charge is 0.119 e. The lowest BCUT2D eigenvalue weighted by atomic mass is 10.2. The van der Waals surface area contributed by atoms with Crippen molar-refractivity contribution in [3.05, 3.63) is 52.8 Å². The Morgan fingerprint density at radius 2 is 1.94 bits per heavy atom. The first-order chi connectivity index (χ1) is 8.78. The van der Waals surface area contributed by atoms with Crippen LogP contribution in [0.5, 0.6) is 5.75 Å². The Hall–Kier alpha value is -1.26. The SMILES string of the molecule is NCCc1ccn(CCOc2ccc(Br)cc2)c1. The number of aromatic nitrogens is 1. The molecule has 2 N–H and O–H groups in total. The van der Waals surface area contributed by atoms with Gasteiger partial charge < -0.3 is 15.0 Å². The van der Waals surface area contributed by atoms with E-state index in [4.69, 9.17) is 10.5 Å². The van der Waals surface area contributed by atoms with E-state index in [1.165, 1.54) is 5.56 Å². The van der Waals surface area contributed by atoms with E-state index in [0.717, 1.165) is 23.2 Å². The molecule has 0 unspecified atom stereocenters. The van der Waals surface area contributed by atoms with Gasteiger partial charge in [0.25, 0.3) is 0 Å². The average molecular weight is 309 g/mol. The zero-order valence-corrected chi connectivity index (χ0v) is 11.8. The second-order valence-electron chi connectivity index (χ2n) is 4.10. The Balaban J connectivity index is 1.79. The normalized spacial score (nSPS) is 10.6. The Kier molecular flexibility index (Phi) is 4.84. The van der Waals surface area contributed by atoms with E-state index < -0.39 is 0 Å². The van der Waals surface area contributed by atoms with Gasteiger partial charge in [-0.1, -0.05) is 15.9 Å². The fourth-order valence-electron chi connectivity index (χ4n) is 1.74. The molecule has 0 amide bonds. The number of nitrogens with two attached hydrogens (primary N) is 1. The van der Waals surface area contributed by atoms with Crippen LogP contribution in [-0.4, -0.2) is 17.7 Å². The zero-order chi connectivity index (χ0) is 12.8. The molecule has 18 heavy (non-hydrogen) atoms. The van der Waals surface area contributed by atoms with Crippen molar-refractivity contribution in [3.63, 3.8) is 0 Å². The van der Waals surface area contributed by atoms with Crippen LogP contribution < -0.4 is 10.5 Å². The number of nitrogens with zero attached hydrogens (tertiary/aromatic N) is 1. The minimum atomic E-state index is 0.665. The van der Waals surface area contributed by atoms with Gasteiger partial charge in [0.1, 0.15) is 12.4 Å². The minimum absolute atomic E-state index is 0.665. The summed E-state index contributed by atoms with van der Waals surface area (Å²) in [5, 5.41) is 0. The first kappa shape index (κ1) is 13.2. The van der Waals surface area contributed by atoms with Crippen molar-refractivity contribution in [2.24, 2.45) is 5.73 Å². The van der Waals surface area contributed by atoms with Crippen LogP contribution in [0.3, 0.4) is 0 Å². The van der Waals surface area contributed by atoms with Crippen molar-refractivity contribution in [3.8, 4) is 5.75 Å². The third-order valence-corrected chi connectivity index (χ3v) is 3.21. The summed E-state index contributed by atoms with van der Waals surface area (Å²) in [6.45, 7) is 2.21. The summed E-state index contributed by atoms with van der Waals surface area (Å²) in [5.41, 5.74) is 6.80. The van der Waals surface area contributed by atoms with Gasteiger partial charge in [-0.15, -0.1) is 0 Å². The van der Waals surface area contributed by atoms with Gasteiger partial charge in [-0.25, -0.2) is 0 Å². The molecule has 2 rings (SSSR count). The summed E-state index contributed by atoms with van der Waals surface area (Å²) in [7, 11) is 0. The molecule has 0 aliphatic rings. The maximum absolute atomic E-state index is 5.67. The zero-order valence-electron chi connectivity index (χ0n) is 10.2. The van der Waals surface area contributed by atoms with Crippen LogP contribution in [0.2, 0.25) is 0 Å². The van der Waals surface area contributed by atoms with Crippen LogP contribution in [0.15, 0.2) is 47.2 Å². The number of halogens is 1. The van der Waals surface area contributed by atoms with E-state index in [9.17, 15) is 0 Å². The van der Waals surface area contributed by atoms with Crippen LogP contribution in [0.1, 0.15) is 5.56 Å². The summed E-state index contributed by atoms with van der Waals surface area (Å²) in [6, 6.07) is 9.97. The number of hydrogen-bond donors (Lipinski definition) is 1. The van der Waals surface area contributed by atoms with Crippen LogP contribution in [0.4, 0.5) is 0 Å². The van der Waals surface area contributed by atoms with E-state index >= 15 is 0 Å². The van der Waals surface area contributed by atoms with Gasteiger partial charge in [0.15, 0.2) is 0 Å². The molecule has 96 valence electrons. The number of rotatable bonds is 6. The lowest BCUT2D eigenvalue weighted by Crippen LogP contribution is -2.06. The third-order valence-electron chi connectivity index (χ3n) is 2.68. The molecule has 3 nitrogen and oxygen atoms in total. The van der Waals surface area contributed by atoms with E-state index in [-0.39, 0.29) is 0 Å². The maximum atomic E-state index is 5.67. The molecule has 0 spiro atoms. The van der Waals surface area contributed by atoms with Crippen molar-refractivity contribution < 1.29 is 4.74 Å². The van der Waals surface area contributed by atoms with Gasteiger partial charge in [-0.3, -0.25) is 0 Å². The van der Waals surface area contributed by atoms with E-state index in [0.29, 0.717) is 13.2 Å². The van der Waals surface area contributed by atoms with Gasteiger partial charge in [-0.2, -0.15) is 0 Å². The molecule has 0 atom stereocenters. The molecule has 1 aromatic heterocycles. The van der Waals surface area contributed by atoms with Crippen molar-refractivity contribution in [2.45, 2.75) is 13.0 Å². The molecular formula is C14H17BrN2O. The molecule has 0 aliphatic carbocycles. The van der Waals surface area contributed by atoms with Crippen LogP contribution in [0, 0.1) is 0 Å². The maximum Gasteiger partial charge on any atom is 0.119 e. The fourth-order valence-corrected chi connectivity index (χ4v) is 2.01. The summed E-state index contributed by atoms with van der Waals surface area (Å²) >= 11 is 3.40. The minimum Gasteiger partial charge on any atom is -0.492 e. The van der Waals surface area contributed by atoms with Gasteiger partial charge in [0.2, 0.25) is 0 Å². The molecule has 0 saturated heterocycles. The molecule has 2 aromatic rings. The Morgan fingerprint density at radius 1 is 1.17 bits per heavy atom. The highest BCUT2D eigenvalue weighted by molar-refractivity contribution is 9.10. The highest BCUT2D eigenvalue weighted by Gasteiger charge is 1.97. The predicted molar refractivity (Wildman–Crippen MR) is 76.8 cm³/mol. The molecule has 1 heterocycles. The van der Waals surface area contributed by atoms with Gasteiger partial charge in [0.05, 0.1) is 6.54 Å². The first-order valence-corrected chi connectivity index (χ1v) is 6.80. The average Bonchev–Trinajstić information content (AvgIpc) is 2.80. The molecule has 0 saturated carbocycles. The quantitative estimate of drug-likeness (QED) is 0.891. The van der Waals surface area contributed by atoms with Crippen molar-refractivity contribution in [2.75, 3.05) is 13.2 Å². The highest BCUT2D eigenvalue weighted by atomic mass is 79.9. The Bertz CT molecular complexity index is 479. The molecule has 0 bridgehead atoms. The topological polar surface area (TPSA) is 40.2 Å². The van der Waals surface area contributed by atoms with E-state index in [1.807, 2.05) is 24.3 Å². The molecule has 0 aliphatic heterocycles. The third kappa shape index (κ3) is 3.89. The Labute approximate surface area is 116 Å². The molecular weight excluding hydrogens is 292 g/mol. The largest absolute Gasteiger partial charge is 0.492 e. The van der Waals surface area contributed by atoms with Gasteiger partial charge >= 0.3 is 0 Å². The molecule has 1 aromatic carbocycles. The van der Waals surface area contributed by atoms with E-state index in [2.05, 4.69) is 39.0 Å². The molecule has 4 heteroatoms. The second-order valence-corrected chi connectivity index (χ2v) is 5.01.